The predicted octanol–water partition coefficient (Wildman–Crippen LogP) is 6.56. The number of aryl methyl sites for hydroxylation is 1. The number of rotatable bonds is 9. The third-order valence-electron chi connectivity index (χ3n) is 8.31. The van der Waals surface area contributed by atoms with E-state index in [0.717, 1.165) is 28.9 Å². The van der Waals surface area contributed by atoms with Gasteiger partial charge in [0.25, 0.3) is 6.43 Å². The Morgan fingerprint density at radius 2 is 1.95 bits per heavy atom. The molecule has 9 heteroatoms. The molecule has 38 heavy (non-hydrogen) atoms. The summed E-state index contributed by atoms with van der Waals surface area (Å²) in [6, 6.07) is 8.83. The molecule has 0 radical (unpaired) electrons. The van der Waals surface area contributed by atoms with Crippen LogP contribution in [-0.4, -0.2) is 24.2 Å². The summed E-state index contributed by atoms with van der Waals surface area (Å²) in [7, 11) is 1.56. The maximum atomic E-state index is 13.3. The predicted molar refractivity (Wildman–Crippen MR) is 142 cm³/mol. The van der Waals surface area contributed by atoms with Crippen LogP contribution in [0.1, 0.15) is 79.3 Å². The van der Waals surface area contributed by atoms with Crippen LogP contribution >= 0.6 is 11.8 Å². The number of carbonyl (C=O) groups excluding carboxylic acids is 1. The number of carbonyl (C=O) groups is 1. The number of alkyl halides is 2. The average Bonchev–Trinajstić information content (AvgIpc) is 2.86. The van der Waals surface area contributed by atoms with Gasteiger partial charge in [0.05, 0.1) is 18.9 Å². The molecule has 6 rings (SSSR count). The first-order valence-electron chi connectivity index (χ1n) is 13.1. The van der Waals surface area contributed by atoms with E-state index in [0.29, 0.717) is 23.5 Å². The number of nitriles is 1. The number of hydrogen-bond donors (Lipinski definition) is 1. The van der Waals surface area contributed by atoms with E-state index in [1.165, 1.54) is 56.4 Å². The number of nitrogens with zero attached hydrogens (tertiary/aromatic N) is 3. The van der Waals surface area contributed by atoms with E-state index in [1.807, 2.05) is 12.1 Å². The summed E-state index contributed by atoms with van der Waals surface area (Å²) in [6.45, 7) is 1.63. The van der Waals surface area contributed by atoms with Gasteiger partial charge in [-0.3, -0.25) is 4.79 Å². The van der Waals surface area contributed by atoms with Gasteiger partial charge in [0.2, 0.25) is 5.91 Å². The van der Waals surface area contributed by atoms with Gasteiger partial charge in [-0.2, -0.15) is 10.4 Å². The first-order valence-corrected chi connectivity index (χ1v) is 14.1. The lowest BCUT2D eigenvalue weighted by atomic mass is 9.49. The fourth-order valence-corrected chi connectivity index (χ4v) is 8.26. The van der Waals surface area contributed by atoms with Gasteiger partial charge in [-0.15, -0.1) is 11.8 Å². The molecule has 2 aromatic rings. The summed E-state index contributed by atoms with van der Waals surface area (Å²) < 4.78 is 32.0. The topological polar surface area (TPSA) is 87.4 Å². The molecule has 0 saturated heterocycles. The number of thioether (sulfide) groups is 1. The lowest BCUT2D eigenvalue weighted by molar-refractivity contribution is -0.129. The summed E-state index contributed by atoms with van der Waals surface area (Å²) in [4.78, 5) is 16.8. The standard InChI is InChI=1S/C29H32F2N4O2S/c1-17-5-24(27(30)31)34-28(23(17)14-32)38-16-22-9-18(3-4-25(22)37-2)15-33-35-26(36)13-29-10-19-6-20(11-29)8-21(7-19)12-29/h3-5,9,15,19-21,27H,6-8,10-13,16H2,1-2H3,(H,35,36)/b33-15-. The largest absolute Gasteiger partial charge is 0.496 e. The van der Waals surface area contributed by atoms with Crippen LogP contribution in [0.4, 0.5) is 8.78 Å². The van der Waals surface area contributed by atoms with E-state index < -0.39 is 6.43 Å². The summed E-state index contributed by atoms with van der Waals surface area (Å²) in [6.07, 6.45) is 7.02. The van der Waals surface area contributed by atoms with E-state index in [-0.39, 0.29) is 27.6 Å². The number of methoxy groups -OCH3 is 1. The molecule has 1 heterocycles. The Bertz CT molecular complexity index is 1250. The van der Waals surface area contributed by atoms with E-state index in [9.17, 15) is 18.8 Å². The maximum Gasteiger partial charge on any atom is 0.280 e. The minimum atomic E-state index is -2.71. The van der Waals surface area contributed by atoms with E-state index in [4.69, 9.17) is 4.74 Å². The van der Waals surface area contributed by atoms with E-state index in [1.54, 1.807) is 26.3 Å². The lowest BCUT2D eigenvalue weighted by Crippen LogP contribution is -2.47. The SMILES string of the molecule is COc1ccc(/C=N\NC(=O)CC23CC4CC(CC(C4)C2)C3)cc1CSc1nc(C(F)F)cc(C)c1C#N. The minimum absolute atomic E-state index is 0.0307. The number of halogens is 2. The second-order valence-electron chi connectivity index (χ2n) is 11.2. The molecular weight excluding hydrogens is 506 g/mol. The molecule has 1 N–H and O–H groups in total. The molecule has 1 aromatic heterocycles. The quantitative estimate of drug-likeness (QED) is 0.222. The van der Waals surface area contributed by atoms with Gasteiger partial charge in [0.15, 0.2) is 0 Å². The normalized spacial score (nSPS) is 25.6. The summed E-state index contributed by atoms with van der Waals surface area (Å²) in [5.74, 6) is 3.35. The number of hydrogen-bond acceptors (Lipinski definition) is 6. The van der Waals surface area contributed by atoms with Crippen molar-refractivity contribution >= 4 is 23.9 Å². The second kappa shape index (κ2) is 11.0. The Kier molecular flexibility index (Phi) is 7.71. The average molecular weight is 539 g/mol. The molecule has 4 bridgehead atoms. The zero-order valence-electron chi connectivity index (χ0n) is 21.7. The van der Waals surface area contributed by atoms with E-state index >= 15 is 0 Å². The smallest absolute Gasteiger partial charge is 0.280 e. The summed E-state index contributed by atoms with van der Waals surface area (Å²) >= 11 is 1.21. The zero-order valence-corrected chi connectivity index (χ0v) is 22.5. The van der Waals surface area contributed by atoms with Crippen molar-refractivity contribution < 1.29 is 18.3 Å². The molecular formula is C29H32F2N4O2S. The summed E-state index contributed by atoms with van der Waals surface area (Å²) in [5.41, 5.74) is 4.87. The van der Waals surface area contributed by atoms with Crippen LogP contribution in [0.15, 0.2) is 34.4 Å². The third kappa shape index (κ3) is 5.70. The Hall–Kier alpha value is -2.99. The summed E-state index contributed by atoms with van der Waals surface area (Å²) in [5, 5.41) is 14.0. The number of aromatic nitrogens is 1. The molecule has 0 unspecified atom stereocenters. The number of amides is 1. The molecule has 0 aliphatic heterocycles. The van der Waals surface area contributed by atoms with Gasteiger partial charge in [-0.25, -0.2) is 19.2 Å². The number of hydrazone groups is 1. The molecule has 200 valence electrons. The Morgan fingerprint density at radius 3 is 2.55 bits per heavy atom. The van der Waals surface area contributed by atoms with Gasteiger partial charge < -0.3 is 4.74 Å². The Labute approximate surface area is 226 Å². The molecule has 4 aliphatic rings. The van der Waals surface area contributed by atoms with Crippen molar-refractivity contribution in [3.05, 3.63) is 52.2 Å². The molecule has 4 fully saturated rings. The van der Waals surface area contributed by atoms with Crippen LogP contribution in [0, 0.1) is 41.4 Å². The van der Waals surface area contributed by atoms with Crippen LogP contribution in [0.3, 0.4) is 0 Å². The van der Waals surface area contributed by atoms with Crippen LogP contribution in [0.5, 0.6) is 5.75 Å². The van der Waals surface area contributed by atoms with Crippen molar-refractivity contribution in [3.8, 4) is 11.8 Å². The first-order chi connectivity index (χ1) is 18.3. The zero-order chi connectivity index (χ0) is 26.9. The number of pyridine rings is 1. The van der Waals surface area contributed by atoms with Crippen molar-refractivity contribution in [2.45, 2.75) is 69.1 Å². The molecule has 4 saturated carbocycles. The molecule has 6 nitrogen and oxygen atoms in total. The van der Waals surface area contributed by atoms with Crippen LogP contribution in [-0.2, 0) is 10.5 Å². The highest BCUT2D eigenvalue weighted by molar-refractivity contribution is 7.98. The van der Waals surface area contributed by atoms with Crippen molar-refractivity contribution in [3.63, 3.8) is 0 Å². The van der Waals surface area contributed by atoms with Gasteiger partial charge in [-0.05, 0) is 104 Å². The van der Waals surface area contributed by atoms with Crippen LogP contribution in [0.25, 0.3) is 0 Å². The number of nitrogens with one attached hydrogen (secondary N) is 1. The second-order valence-corrected chi connectivity index (χ2v) is 12.2. The fraction of sp³-hybridized carbons (Fsp3) is 0.517. The highest BCUT2D eigenvalue weighted by Gasteiger charge is 2.51. The molecule has 0 atom stereocenters. The van der Waals surface area contributed by atoms with Gasteiger partial charge in [0.1, 0.15) is 22.5 Å². The minimum Gasteiger partial charge on any atom is -0.496 e. The van der Waals surface area contributed by atoms with Crippen molar-refractivity contribution in [2.24, 2.45) is 28.3 Å². The monoisotopic (exact) mass is 538 g/mol. The van der Waals surface area contributed by atoms with Gasteiger partial charge in [-0.1, -0.05) is 0 Å². The Morgan fingerprint density at radius 1 is 1.26 bits per heavy atom. The van der Waals surface area contributed by atoms with E-state index in [2.05, 4.69) is 21.6 Å². The molecule has 1 amide bonds. The molecule has 4 aliphatic carbocycles. The highest BCUT2D eigenvalue weighted by Crippen LogP contribution is 2.61. The van der Waals surface area contributed by atoms with Crippen LogP contribution < -0.4 is 10.2 Å². The molecule has 0 spiro atoms. The first kappa shape index (κ1) is 26.6. The lowest BCUT2D eigenvalue weighted by Gasteiger charge is -2.56. The highest BCUT2D eigenvalue weighted by atomic mass is 32.2. The maximum absolute atomic E-state index is 13.3. The van der Waals surface area contributed by atoms with Crippen molar-refractivity contribution in [2.75, 3.05) is 7.11 Å². The van der Waals surface area contributed by atoms with Gasteiger partial charge in [0, 0.05) is 17.7 Å². The van der Waals surface area contributed by atoms with Crippen molar-refractivity contribution in [1.82, 2.24) is 10.4 Å². The van der Waals surface area contributed by atoms with Crippen molar-refractivity contribution in [1.29, 1.82) is 5.26 Å². The fourth-order valence-electron chi connectivity index (χ4n) is 7.22. The molecule has 1 aromatic carbocycles. The van der Waals surface area contributed by atoms with Gasteiger partial charge >= 0.3 is 0 Å². The number of benzene rings is 1. The third-order valence-corrected chi connectivity index (χ3v) is 9.34. The van der Waals surface area contributed by atoms with Crippen LogP contribution in [0.2, 0.25) is 0 Å². The Balaban J connectivity index is 1.23. The number of ether oxygens (including phenoxy) is 1.